The number of amides is 1. The number of benzene rings is 1. The van der Waals surface area contributed by atoms with E-state index >= 15 is 0 Å². The third kappa shape index (κ3) is 3.19. The molecule has 1 aromatic carbocycles. The van der Waals surface area contributed by atoms with Crippen molar-refractivity contribution in [2.24, 2.45) is 0 Å². The summed E-state index contributed by atoms with van der Waals surface area (Å²) in [7, 11) is 0. The molecule has 4 heteroatoms. The predicted octanol–water partition coefficient (Wildman–Crippen LogP) is 1.51. The van der Waals surface area contributed by atoms with Crippen LogP contribution >= 0.6 is 0 Å². The fourth-order valence-corrected chi connectivity index (χ4v) is 2.94. The molecule has 2 aliphatic heterocycles. The molecule has 0 aromatic heterocycles. The Kier molecular flexibility index (Phi) is 4.33. The lowest BCUT2D eigenvalue weighted by Gasteiger charge is -2.35. The minimum absolute atomic E-state index is 0.171. The van der Waals surface area contributed by atoms with Crippen molar-refractivity contribution < 1.29 is 9.53 Å². The average Bonchev–Trinajstić information content (AvgIpc) is 3.03. The first-order valence-corrected chi connectivity index (χ1v) is 7.49. The van der Waals surface area contributed by atoms with Gasteiger partial charge < -0.3 is 9.64 Å². The second-order valence-electron chi connectivity index (χ2n) is 5.59. The summed E-state index contributed by atoms with van der Waals surface area (Å²) in [6.07, 6.45) is 1.74. The Morgan fingerprint density at radius 1 is 1.15 bits per heavy atom. The molecule has 1 amide bonds. The number of ether oxygens (including phenoxy) is 1. The van der Waals surface area contributed by atoms with E-state index in [0.29, 0.717) is 0 Å². The number of carbonyl (C=O) groups excluding carboxylic acids is 1. The Morgan fingerprint density at radius 3 is 2.55 bits per heavy atom. The van der Waals surface area contributed by atoms with Crippen molar-refractivity contribution in [2.75, 3.05) is 32.8 Å². The Labute approximate surface area is 120 Å². The van der Waals surface area contributed by atoms with E-state index in [4.69, 9.17) is 4.74 Å². The van der Waals surface area contributed by atoms with Gasteiger partial charge in [-0.25, -0.2) is 0 Å². The summed E-state index contributed by atoms with van der Waals surface area (Å²) >= 11 is 0. The number of piperazine rings is 1. The Bertz CT molecular complexity index is 435. The van der Waals surface area contributed by atoms with E-state index in [1.807, 2.05) is 11.0 Å². The first-order chi connectivity index (χ1) is 9.83. The largest absolute Gasteiger partial charge is 0.368 e. The van der Waals surface area contributed by atoms with Crippen molar-refractivity contribution in [1.29, 1.82) is 0 Å². The number of hydrogen-bond donors (Lipinski definition) is 0. The zero-order valence-electron chi connectivity index (χ0n) is 11.8. The van der Waals surface area contributed by atoms with Crippen LogP contribution in [0.2, 0.25) is 0 Å². The van der Waals surface area contributed by atoms with Gasteiger partial charge in [-0.2, -0.15) is 0 Å². The summed E-state index contributed by atoms with van der Waals surface area (Å²) in [5.41, 5.74) is 1.34. The van der Waals surface area contributed by atoms with Crippen molar-refractivity contribution in [2.45, 2.75) is 25.5 Å². The quantitative estimate of drug-likeness (QED) is 0.837. The van der Waals surface area contributed by atoms with Crippen LogP contribution in [0.15, 0.2) is 30.3 Å². The molecule has 3 rings (SSSR count). The summed E-state index contributed by atoms with van der Waals surface area (Å²) < 4.78 is 5.49. The van der Waals surface area contributed by atoms with E-state index < -0.39 is 0 Å². The molecular weight excluding hydrogens is 252 g/mol. The van der Waals surface area contributed by atoms with Crippen molar-refractivity contribution in [3.63, 3.8) is 0 Å². The van der Waals surface area contributed by atoms with E-state index in [-0.39, 0.29) is 12.0 Å². The molecule has 2 aliphatic rings. The molecule has 2 heterocycles. The summed E-state index contributed by atoms with van der Waals surface area (Å²) in [6, 6.07) is 10.5. The van der Waals surface area contributed by atoms with Gasteiger partial charge in [0.2, 0.25) is 0 Å². The van der Waals surface area contributed by atoms with E-state index in [1.54, 1.807) is 0 Å². The molecular formula is C16H22N2O2. The van der Waals surface area contributed by atoms with Crippen LogP contribution < -0.4 is 0 Å². The van der Waals surface area contributed by atoms with Gasteiger partial charge in [0, 0.05) is 39.3 Å². The molecule has 0 bridgehead atoms. The highest BCUT2D eigenvalue weighted by atomic mass is 16.5. The number of nitrogens with zero attached hydrogens (tertiary/aromatic N) is 2. The van der Waals surface area contributed by atoms with Crippen LogP contribution in [0.3, 0.4) is 0 Å². The van der Waals surface area contributed by atoms with Crippen LogP contribution in [0.5, 0.6) is 0 Å². The molecule has 0 N–H and O–H groups in total. The topological polar surface area (TPSA) is 32.8 Å². The van der Waals surface area contributed by atoms with Gasteiger partial charge >= 0.3 is 0 Å². The molecule has 0 radical (unpaired) electrons. The zero-order chi connectivity index (χ0) is 13.8. The molecule has 20 heavy (non-hydrogen) atoms. The molecule has 108 valence electrons. The molecule has 0 saturated carbocycles. The normalized spacial score (nSPS) is 24.0. The first kappa shape index (κ1) is 13.6. The number of hydrogen-bond acceptors (Lipinski definition) is 3. The van der Waals surface area contributed by atoms with Crippen molar-refractivity contribution in [3.05, 3.63) is 35.9 Å². The maximum Gasteiger partial charge on any atom is 0.251 e. The minimum Gasteiger partial charge on any atom is -0.368 e. The van der Waals surface area contributed by atoms with Gasteiger partial charge in [0.25, 0.3) is 5.91 Å². The SMILES string of the molecule is O=C(C1CCCO1)N1CCN(Cc2ccccc2)CC1. The van der Waals surface area contributed by atoms with Gasteiger partial charge in [0.15, 0.2) is 0 Å². The molecule has 1 unspecified atom stereocenters. The molecule has 2 fully saturated rings. The Morgan fingerprint density at radius 2 is 1.90 bits per heavy atom. The van der Waals surface area contributed by atoms with Crippen LogP contribution in [0.4, 0.5) is 0 Å². The van der Waals surface area contributed by atoms with Gasteiger partial charge in [-0.15, -0.1) is 0 Å². The lowest BCUT2D eigenvalue weighted by atomic mass is 10.1. The monoisotopic (exact) mass is 274 g/mol. The Balaban J connectivity index is 1.48. The second-order valence-corrected chi connectivity index (χ2v) is 5.59. The summed E-state index contributed by atoms with van der Waals surface area (Å²) in [4.78, 5) is 16.6. The molecule has 2 saturated heterocycles. The number of rotatable bonds is 3. The van der Waals surface area contributed by atoms with Crippen molar-refractivity contribution in [3.8, 4) is 0 Å². The number of carbonyl (C=O) groups is 1. The van der Waals surface area contributed by atoms with Crippen molar-refractivity contribution in [1.82, 2.24) is 9.80 Å². The highest BCUT2D eigenvalue weighted by Gasteiger charge is 2.30. The van der Waals surface area contributed by atoms with E-state index in [9.17, 15) is 4.79 Å². The molecule has 0 spiro atoms. The smallest absolute Gasteiger partial charge is 0.251 e. The molecule has 1 atom stereocenters. The molecule has 1 aromatic rings. The summed E-state index contributed by atoms with van der Waals surface area (Å²) in [5, 5.41) is 0. The average molecular weight is 274 g/mol. The maximum atomic E-state index is 12.2. The van der Waals surface area contributed by atoms with Crippen LogP contribution in [-0.2, 0) is 16.1 Å². The van der Waals surface area contributed by atoms with E-state index in [1.165, 1.54) is 5.56 Å². The van der Waals surface area contributed by atoms with Crippen LogP contribution in [0.25, 0.3) is 0 Å². The standard InChI is InChI=1S/C16H22N2O2/c19-16(15-7-4-12-20-15)18-10-8-17(9-11-18)13-14-5-2-1-3-6-14/h1-3,5-6,15H,4,7-13H2. The first-order valence-electron chi connectivity index (χ1n) is 7.49. The fourth-order valence-electron chi connectivity index (χ4n) is 2.94. The van der Waals surface area contributed by atoms with Crippen LogP contribution in [-0.4, -0.2) is 54.6 Å². The predicted molar refractivity (Wildman–Crippen MR) is 77.3 cm³/mol. The minimum atomic E-state index is -0.171. The fraction of sp³-hybridized carbons (Fsp3) is 0.562. The van der Waals surface area contributed by atoms with Crippen LogP contribution in [0.1, 0.15) is 18.4 Å². The third-order valence-electron chi connectivity index (χ3n) is 4.14. The lowest BCUT2D eigenvalue weighted by Crippen LogP contribution is -2.51. The molecule has 0 aliphatic carbocycles. The second kappa shape index (κ2) is 6.37. The molecule has 4 nitrogen and oxygen atoms in total. The van der Waals surface area contributed by atoms with Crippen molar-refractivity contribution >= 4 is 5.91 Å². The Hall–Kier alpha value is -1.39. The maximum absolute atomic E-state index is 12.2. The van der Waals surface area contributed by atoms with Gasteiger partial charge in [-0.3, -0.25) is 9.69 Å². The van der Waals surface area contributed by atoms with Gasteiger partial charge in [-0.1, -0.05) is 30.3 Å². The van der Waals surface area contributed by atoms with Crippen LogP contribution in [0, 0.1) is 0 Å². The van der Waals surface area contributed by atoms with Gasteiger partial charge in [-0.05, 0) is 18.4 Å². The third-order valence-corrected chi connectivity index (χ3v) is 4.14. The van der Waals surface area contributed by atoms with Gasteiger partial charge in [0.1, 0.15) is 6.10 Å². The lowest BCUT2D eigenvalue weighted by molar-refractivity contribution is -0.142. The van der Waals surface area contributed by atoms with Gasteiger partial charge in [0.05, 0.1) is 0 Å². The highest BCUT2D eigenvalue weighted by molar-refractivity contribution is 5.81. The zero-order valence-corrected chi connectivity index (χ0v) is 11.8. The summed E-state index contributed by atoms with van der Waals surface area (Å²) in [5.74, 6) is 0.196. The van der Waals surface area contributed by atoms with E-state index in [0.717, 1.165) is 52.2 Å². The summed E-state index contributed by atoms with van der Waals surface area (Å²) in [6.45, 7) is 5.27. The van der Waals surface area contributed by atoms with E-state index in [2.05, 4.69) is 29.2 Å². The highest BCUT2D eigenvalue weighted by Crippen LogP contribution is 2.16.